The number of hydrogen-bond donors (Lipinski definition) is 3. The van der Waals surface area contributed by atoms with Gasteiger partial charge < -0.3 is 16.2 Å². The van der Waals surface area contributed by atoms with Crippen molar-refractivity contribution >= 4 is 11.6 Å². The molecular formula is C12H18N2O2. The zero-order valence-electron chi connectivity index (χ0n) is 9.66. The van der Waals surface area contributed by atoms with Crippen molar-refractivity contribution in [2.45, 2.75) is 20.3 Å². The molecule has 4 nitrogen and oxygen atoms in total. The number of nitrogens with one attached hydrogen (secondary N) is 1. The molecule has 0 bridgehead atoms. The van der Waals surface area contributed by atoms with Crippen molar-refractivity contribution in [3.05, 3.63) is 23.8 Å². The number of aromatic hydroxyl groups is 1. The topological polar surface area (TPSA) is 75.4 Å². The lowest BCUT2D eigenvalue weighted by molar-refractivity contribution is -0.116. The molecule has 1 amide bonds. The van der Waals surface area contributed by atoms with Crippen LogP contribution in [0, 0.1) is 12.8 Å². The number of nitrogens with two attached hydrogens (primary N) is 1. The Kier molecular flexibility index (Phi) is 4.31. The summed E-state index contributed by atoms with van der Waals surface area (Å²) in [4.78, 5) is 11.6. The monoisotopic (exact) mass is 222 g/mol. The molecule has 0 saturated carbocycles. The fourth-order valence-corrected chi connectivity index (χ4v) is 1.36. The van der Waals surface area contributed by atoms with Gasteiger partial charge in [-0.25, -0.2) is 0 Å². The van der Waals surface area contributed by atoms with Crippen LogP contribution < -0.4 is 11.1 Å². The molecule has 0 aliphatic heterocycles. The van der Waals surface area contributed by atoms with Crippen LogP contribution in [0.3, 0.4) is 0 Å². The highest BCUT2D eigenvalue weighted by Gasteiger charge is 2.10. The Morgan fingerprint density at radius 1 is 1.56 bits per heavy atom. The summed E-state index contributed by atoms with van der Waals surface area (Å²) >= 11 is 0. The Labute approximate surface area is 95.5 Å². The number of hydrogen-bond acceptors (Lipinski definition) is 3. The summed E-state index contributed by atoms with van der Waals surface area (Å²) in [6, 6.07) is 5.25. The maximum atomic E-state index is 11.6. The van der Waals surface area contributed by atoms with Crippen LogP contribution in [0.5, 0.6) is 5.75 Å². The second-order valence-corrected chi connectivity index (χ2v) is 4.06. The first-order valence-electron chi connectivity index (χ1n) is 5.33. The van der Waals surface area contributed by atoms with Gasteiger partial charge in [-0.15, -0.1) is 0 Å². The van der Waals surface area contributed by atoms with Crippen LogP contribution in [0.4, 0.5) is 5.69 Å². The smallest absolute Gasteiger partial charge is 0.224 e. The zero-order chi connectivity index (χ0) is 12.1. The van der Waals surface area contributed by atoms with E-state index in [1.807, 2.05) is 6.92 Å². The number of aryl methyl sites for hydroxylation is 1. The fraction of sp³-hybridized carbons (Fsp3) is 0.417. The Morgan fingerprint density at radius 3 is 2.88 bits per heavy atom. The largest absolute Gasteiger partial charge is 0.505 e. The number of benzene rings is 1. The molecule has 1 aromatic carbocycles. The molecule has 4 heteroatoms. The first kappa shape index (κ1) is 12.5. The number of carbonyl (C=O) groups excluding carboxylic acids is 1. The van der Waals surface area contributed by atoms with Gasteiger partial charge in [-0.1, -0.05) is 19.1 Å². The zero-order valence-corrected chi connectivity index (χ0v) is 9.66. The SMILES string of the molecule is Cc1cccc(NC(=O)CC(C)CN)c1O. The molecule has 0 saturated heterocycles. The molecule has 0 fully saturated rings. The van der Waals surface area contributed by atoms with Crippen LogP contribution in [0.1, 0.15) is 18.9 Å². The number of phenolic OH excluding ortho intramolecular Hbond substituents is 1. The molecule has 1 unspecified atom stereocenters. The van der Waals surface area contributed by atoms with E-state index in [-0.39, 0.29) is 17.6 Å². The van der Waals surface area contributed by atoms with Gasteiger partial charge in [0.2, 0.25) is 5.91 Å². The average molecular weight is 222 g/mol. The predicted octanol–water partition coefficient (Wildman–Crippen LogP) is 1.62. The highest BCUT2D eigenvalue weighted by atomic mass is 16.3. The molecule has 1 aromatic rings. The van der Waals surface area contributed by atoms with Crippen molar-refractivity contribution in [2.24, 2.45) is 11.7 Å². The van der Waals surface area contributed by atoms with E-state index in [0.717, 1.165) is 5.56 Å². The quantitative estimate of drug-likeness (QED) is 0.678. The Bertz CT molecular complexity index is 377. The van der Waals surface area contributed by atoms with Crippen LogP contribution >= 0.6 is 0 Å². The highest BCUT2D eigenvalue weighted by Crippen LogP contribution is 2.26. The van der Waals surface area contributed by atoms with Gasteiger partial charge in [-0.3, -0.25) is 4.79 Å². The van der Waals surface area contributed by atoms with E-state index in [0.29, 0.717) is 18.7 Å². The minimum atomic E-state index is -0.126. The molecule has 1 atom stereocenters. The van der Waals surface area contributed by atoms with Gasteiger partial charge in [-0.05, 0) is 31.0 Å². The standard InChI is InChI=1S/C12H18N2O2/c1-8(7-13)6-11(15)14-10-5-3-4-9(2)12(10)16/h3-5,8,16H,6-7,13H2,1-2H3,(H,14,15). The lowest BCUT2D eigenvalue weighted by Crippen LogP contribution is -2.20. The Morgan fingerprint density at radius 2 is 2.25 bits per heavy atom. The van der Waals surface area contributed by atoms with Gasteiger partial charge in [0, 0.05) is 6.42 Å². The van der Waals surface area contributed by atoms with Crippen molar-refractivity contribution in [3.8, 4) is 5.75 Å². The third-order valence-electron chi connectivity index (χ3n) is 2.45. The van der Waals surface area contributed by atoms with Gasteiger partial charge >= 0.3 is 0 Å². The molecule has 0 aromatic heterocycles. The molecule has 16 heavy (non-hydrogen) atoms. The van der Waals surface area contributed by atoms with Crippen molar-refractivity contribution < 1.29 is 9.90 Å². The van der Waals surface area contributed by atoms with Crippen molar-refractivity contribution in [1.82, 2.24) is 0 Å². The van der Waals surface area contributed by atoms with E-state index in [1.165, 1.54) is 0 Å². The summed E-state index contributed by atoms with van der Waals surface area (Å²) in [6.07, 6.45) is 0.365. The van der Waals surface area contributed by atoms with Crippen molar-refractivity contribution in [2.75, 3.05) is 11.9 Å². The summed E-state index contributed by atoms with van der Waals surface area (Å²) in [5.74, 6) is 0.141. The van der Waals surface area contributed by atoms with E-state index in [1.54, 1.807) is 25.1 Å². The van der Waals surface area contributed by atoms with Gasteiger partial charge in [0.1, 0.15) is 5.75 Å². The number of carbonyl (C=O) groups is 1. The number of anilines is 1. The molecule has 0 spiro atoms. The van der Waals surface area contributed by atoms with Gasteiger partial charge in [0.25, 0.3) is 0 Å². The molecule has 0 heterocycles. The van der Waals surface area contributed by atoms with Crippen LogP contribution in [-0.4, -0.2) is 17.6 Å². The fourth-order valence-electron chi connectivity index (χ4n) is 1.36. The van der Waals surface area contributed by atoms with E-state index in [4.69, 9.17) is 5.73 Å². The first-order chi connectivity index (χ1) is 7.54. The normalized spacial score (nSPS) is 12.2. The van der Waals surface area contributed by atoms with Crippen LogP contribution in [0.25, 0.3) is 0 Å². The summed E-state index contributed by atoms with van der Waals surface area (Å²) in [5.41, 5.74) is 6.63. The van der Waals surface area contributed by atoms with Gasteiger partial charge in [0.05, 0.1) is 5.69 Å². The first-order valence-corrected chi connectivity index (χ1v) is 5.33. The van der Waals surface area contributed by atoms with E-state index >= 15 is 0 Å². The van der Waals surface area contributed by atoms with Crippen LogP contribution in [0.15, 0.2) is 18.2 Å². The van der Waals surface area contributed by atoms with Gasteiger partial charge in [-0.2, -0.15) is 0 Å². The number of rotatable bonds is 4. The highest BCUT2D eigenvalue weighted by molar-refractivity contribution is 5.92. The predicted molar refractivity (Wildman–Crippen MR) is 64.3 cm³/mol. The van der Waals surface area contributed by atoms with Crippen LogP contribution in [-0.2, 0) is 4.79 Å². The summed E-state index contributed by atoms with van der Waals surface area (Å²) in [6.45, 7) is 4.18. The van der Waals surface area contributed by atoms with E-state index < -0.39 is 0 Å². The molecule has 0 aliphatic rings. The molecule has 0 aliphatic carbocycles. The summed E-state index contributed by atoms with van der Waals surface area (Å²) in [5, 5.41) is 12.4. The van der Waals surface area contributed by atoms with Crippen molar-refractivity contribution in [1.29, 1.82) is 0 Å². The molecule has 1 rings (SSSR count). The summed E-state index contributed by atoms with van der Waals surface area (Å²) in [7, 11) is 0. The average Bonchev–Trinajstić information content (AvgIpc) is 2.24. The maximum Gasteiger partial charge on any atom is 0.224 e. The number of para-hydroxylation sites is 1. The summed E-state index contributed by atoms with van der Waals surface area (Å²) < 4.78 is 0. The molecule has 0 radical (unpaired) electrons. The lowest BCUT2D eigenvalue weighted by Gasteiger charge is -2.11. The number of amides is 1. The third-order valence-corrected chi connectivity index (χ3v) is 2.45. The van der Waals surface area contributed by atoms with E-state index in [2.05, 4.69) is 5.32 Å². The van der Waals surface area contributed by atoms with Gasteiger partial charge in [0.15, 0.2) is 0 Å². The minimum Gasteiger partial charge on any atom is -0.505 e. The third kappa shape index (κ3) is 3.24. The number of phenols is 1. The second-order valence-electron chi connectivity index (χ2n) is 4.06. The van der Waals surface area contributed by atoms with E-state index in [9.17, 15) is 9.90 Å². The molecule has 4 N–H and O–H groups in total. The molecular weight excluding hydrogens is 204 g/mol. The minimum absolute atomic E-state index is 0.122. The lowest BCUT2D eigenvalue weighted by atomic mass is 10.1. The Balaban J connectivity index is 2.66. The van der Waals surface area contributed by atoms with Crippen LogP contribution in [0.2, 0.25) is 0 Å². The molecule has 88 valence electrons. The maximum absolute atomic E-state index is 11.6. The van der Waals surface area contributed by atoms with Crippen molar-refractivity contribution in [3.63, 3.8) is 0 Å². The second kappa shape index (κ2) is 5.51. The Hall–Kier alpha value is -1.55.